The Kier molecular flexibility index (Phi) is 8.22. The Bertz CT molecular complexity index is 1130. The normalized spacial score (nSPS) is 13.7. The number of benzene rings is 2. The summed E-state index contributed by atoms with van der Waals surface area (Å²) in [5.74, 6) is -2.12. The fraction of sp³-hybridized carbons (Fsp3) is 0.308. The fourth-order valence-corrected chi connectivity index (χ4v) is 3.69. The highest BCUT2D eigenvalue weighted by Crippen LogP contribution is 2.30. The molecular formula is C26H24F3NO5. The minimum Gasteiger partial charge on any atom is -0.462 e. The summed E-state index contributed by atoms with van der Waals surface area (Å²) in [5, 5.41) is 0. The first kappa shape index (κ1) is 25.9. The molecule has 6 nitrogen and oxygen atoms in total. The van der Waals surface area contributed by atoms with Crippen molar-refractivity contribution in [3.05, 3.63) is 76.4 Å². The van der Waals surface area contributed by atoms with Gasteiger partial charge < -0.3 is 4.74 Å². The van der Waals surface area contributed by atoms with Gasteiger partial charge in [-0.15, -0.1) is 0 Å². The summed E-state index contributed by atoms with van der Waals surface area (Å²) in [7, 11) is 0. The van der Waals surface area contributed by atoms with E-state index in [2.05, 4.69) is 0 Å². The number of ketones is 1. The van der Waals surface area contributed by atoms with Crippen LogP contribution in [0, 0.1) is 0 Å². The molecule has 0 saturated carbocycles. The van der Waals surface area contributed by atoms with E-state index < -0.39 is 23.5 Å². The number of esters is 1. The molecular weight excluding hydrogens is 463 g/mol. The van der Waals surface area contributed by atoms with Crippen LogP contribution < -0.4 is 0 Å². The standard InChI is InChI=1S/C26H24F3NO5/c1-17(31)22(16-18-9-8-10-19(15-18)26(27,28)29)25(34)35-14-7-3-2-6-13-30-23(32)20-11-4-5-12-21(20)24(30)33/h4-5,8-12,15-16H,2-3,6-7,13-14H2,1H3. The Hall–Kier alpha value is -3.75. The summed E-state index contributed by atoms with van der Waals surface area (Å²) in [4.78, 5) is 50.0. The van der Waals surface area contributed by atoms with Crippen molar-refractivity contribution in [3.8, 4) is 0 Å². The van der Waals surface area contributed by atoms with Crippen molar-refractivity contribution in [1.29, 1.82) is 0 Å². The largest absolute Gasteiger partial charge is 0.462 e. The Balaban J connectivity index is 1.43. The van der Waals surface area contributed by atoms with Crippen LogP contribution in [0.2, 0.25) is 0 Å². The Labute approximate surface area is 200 Å². The number of halogens is 3. The number of nitrogens with zero attached hydrogens (tertiary/aromatic N) is 1. The molecule has 0 aliphatic carbocycles. The lowest BCUT2D eigenvalue weighted by atomic mass is 10.1. The van der Waals surface area contributed by atoms with Gasteiger partial charge >= 0.3 is 12.1 Å². The molecule has 2 aromatic rings. The molecule has 0 atom stereocenters. The zero-order valence-electron chi connectivity index (χ0n) is 19.1. The van der Waals surface area contributed by atoms with Gasteiger partial charge in [0.05, 0.1) is 23.3 Å². The minimum absolute atomic E-state index is 0.0268. The molecule has 0 radical (unpaired) electrons. The average molecular weight is 487 g/mol. The number of ether oxygens (including phenoxy) is 1. The monoisotopic (exact) mass is 487 g/mol. The predicted octanol–water partition coefficient (Wildman–Crippen LogP) is 5.08. The van der Waals surface area contributed by atoms with Crippen molar-refractivity contribution in [2.45, 2.75) is 38.8 Å². The van der Waals surface area contributed by atoms with E-state index in [1.807, 2.05) is 0 Å². The summed E-state index contributed by atoms with van der Waals surface area (Å²) < 4.78 is 43.8. The molecule has 9 heteroatoms. The predicted molar refractivity (Wildman–Crippen MR) is 121 cm³/mol. The highest BCUT2D eigenvalue weighted by Gasteiger charge is 2.34. The second kappa shape index (κ2) is 11.1. The molecule has 0 saturated heterocycles. The molecule has 0 N–H and O–H groups in total. The van der Waals surface area contributed by atoms with Gasteiger partial charge in [0.2, 0.25) is 0 Å². The number of imide groups is 1. The molecule has 0 unspecified atom stereocenters. The number of alkyl halides is 3. The van der Waals surface area contributed by atoms with E-state index in [1.165, 1.54) is 17.0 Å². The van der Waals surface area contributed by atoms with Gasteiger partial charge in [0.25, 0.3) is 11.8 Å². The molecule has 0 aromatic heterocycles. The number of carbonyl (C=O) groups excluding carboxylic acids is 4. The van der Waals surface area contributed by atoms with Gasteiger partial charge in [0, 0.05) is 6.54 Å². The third kappa shape index (κ3) is 6.44. The first-order valence-corrected chi connectivity index (χ1v) is 11.1. The van der Waals surface area contributed by atoms with Crippen molar-refractivity contribution in [2.75, 3.05) is 13.2 Å². The quantitative estimate of drug-likeness (QED) is 0.117. The third-order valence-corrected chi connectivity index (χ3v) is 5.51. The van der Waals surface area contributed by atoms with Crippen molar-refractivity contribution in [1.82, 2.24) is 4.90 Å². The van der Waals surface area contributed by atoms with E-state index in [1.54, 1.807) is 24.3 Å². The third-order valence-electron chi connectivity index (χ3n) is 5.51. The lowest BCUT2D eigenvalue weighted by Gasteiger charge is -2.13. The molecule has 3 rings (SSSR count). The molecule has 1 aliphatic rings. The molecule has 0 fully saturated rings. The van der Waals surface area contributed by atoms with Crippen LogP contribution in [0.15, 0.2) is 54.1 Å². The number of Topliss-reactive ketones (excluding diaryl/α,β-unsaturated/α-hetero) is 1. The van der Waals surface area contributed by atoms with E-state index in [-0.39, 0.29) is 29.6 Å². The number of carbonyl (C=O) groups is 4. The Morgan fingerprint density at radius 2 is 1.54 bits per heavy atom. The van der Waals surface area contributed by atoms with Crippen molar-refractivity contribution >= 4 is 29.6 Å². The van der Waals surface area contributed by atoms with Crippen LogP contribution in [0.5, 0.6) is 0 Å². The maximum atomic E-state index is 12.9. The first-order valence-electron chi connectivity index (χ1n) is 11.1. The van der Waals surface area contributed by atoms with E-state index in [4.69, 9.17) is 4.74 Å². The summed E-state index contributed by atoms with van der Waals surface area (Å²) >= 11 is 0. The van der Waals surface area contributed by atoms with Crippen LogP contribution in [0.25, 0.3) is 6.08 Å². The van der Waals surface area contributed by atoms with Crippen LogP contribution >= 0.6 is 0 Å². The van der Waals surface area contributed by atoms with E-state index in [0.29, 0.717) is 43.4 Å². The second-order valence-electron chi connectivity index (χ2n) is 8.10. The highest BCUT2D eigenvalue weighted by atomic mass is 19.4. The molecule has 1 aliphatic heterocycles. The van der Waals surface area contributed by atoms with Gasteiger partial charge in [0.1, 0.15) is 5.57 Å². The molecule has 35 heavy (non-hydrogen) atoms. The topological polar surface area (TPSA) is 80.8 Å². The molecule has 0 spiro atoms. The summed E-state index contributed by atoms with van der Waals surface area (Å²) in [6.45, 7) is 1.46. The number of hydrogen-bond acceptors (Lipinski definition) is 5. The number of amides is 2. The van der Waals surface area contributed by atoms with E-state index in [9.17, 15) is 32.3 Å². The van der Waals surface area contributed by atoms with Crippen molar-refractivity contribution < 1.29 is 37.1 Å². The van der Waals surface area contributed by atoms with Crippen LogP contribution in [-0.4, -0.2) is 41.6 Å². The van der Waals surface area contributed by atoms with E-state index >= 15 is 0 Å². The van der Waals surface area contributed by atoms with Crippen molar-refractivity contribution in [2.24, 2.45) is 0 Å². The number of rotatable bonds is 10. The number of hydrogen-bond donors (Lipinski definition) is 0. The zero-order valence-corrected chi connectivity index (χ0v) is 19.1. The summed E-state index contributed by atoms with van der Waals surface area (Å²) in [6, 6.07) is 11.0. The van der Waals surface area contributed by atoms with Crippen molar-refractivity contribution in [3.63, 3.8) is 0 Å². The van der Waals surface area contributed by atoms with E-state index in [0.717, 1.165) is 25.1 Å². The Morgan fingerprint density at radius 1 is 0.914 bits per heavy atom. The zero-order chi connectivity index (χ0) is 25.6. The van der Waals surface area contributed by atoms with Crippen LogP contribution in [0.4, 0.5) is 13.2 Å². The maximum Gasteiger partial charge on any atom is 0.416 e. The Morgan fingerprint density at radius 3 is 2.14 bits per heavy atom. The summed E-state index contributed by atoms with van der Waals surface area (Å²) in [6.07, 6.45) is -1.04. The molecule has 2 aromatic carbocycles. The van der Waals surface area contributed by atoms with Crippen LogP contribution in [-0.2, 0) is 20.5 Å². The molecule has 184 valence electrons. The van der Waals surface area contributed by atoms with Gasteiger partial charge in [-0.2, -0.15) is 13.2 Å². The number of fused-ring (bicyclic) bond motifs is 1. The second-order valence-corrected chi connectivity index (χ2v) is 8.10. The lowest BCUT2D eigenvalue weighted by molar-refractivity contribution is -0.140. The summed E-state index contributed by atoms with van der Waals surface area (Å²) in [5.41, 5.74) is -0.346. The fourth-order valence-electron chi connectivity index (χ4n) is 3.69. The van der Waals surface area contributed by atoms with Gasteiger partial charge in [0.15, 0.2) is 5.78 Å². The van der Waals surface area contributed by atoms with Gasteiger partial charge in [-0.3, -0.25) is 19.3 Å². The van der Waals surface area contributed by atoms with Gasteiger partial charge in [-0.05, 0) is 62.1 Å². The highest BCUT2D eigenvalue weighted by molar-refractivity contribution is 6.21. The maximum absolute atomic E-state index is 12.9. The first-order chi connectivity index (χ1) is 16.6. The molecule has 1 heterocycles. The molecule has 2 amide bonds. The van der Waals surface area contributed by atoms with Crippen LogP contribution in [0.3, 0.4) is 0 Å². The molecule has 0 bridgehead atoms. The van der Waals surface area contributed by atoms with Gasteiger partial charge in [-0.1, -0.05) is 30.7 Å². The smallest absolute Gasteiger partial charge is 0.416 e. The SMILES string of the molecule is CC(=O)C(=Cc1cccc(C(F)(F)F)c1)C(=O)OCCCCCCN1C(=O)c2ccccc2C1=O. The minimum atomic E-state index is -4.54. The average Bonchev–Trinajstić information content (AvgIpc) is 3.06. The number of unbranched alkanes of at least 4 members (excludes halogenated alkanes) is 3. The van der Waals surface area contributed by atoms with Gasteiger partial charge in [-0.25, -0.2) is 4.79 Å². The lowest BCUT2D eigenvalue weighted by Crippen LogP contribution is -2.30. The van der Waals surface area contributed by atoms with Crippen LogP contribution in [0.1, 0.15) is 64.4 Å².